The number of nitrogens with one attached hydrogen (secondary N) is 1. The normalized spacial score (nSPS) is 10.5. The van der Waals surface area contributed by atoms with Crippen molar-refractivity contribution in [1.82, 2.24) is 9.97 Å². The van der Waals surface area contributed by atoms with Crippen molar-refractivity contribution in [2.45, 2.75) is 0 Å². The predicted molar refractivity (Wildman–Crippen MR) is 80.6 cm³/mol. The SMILES string of the molecule is CNc1nc(Oc2ccccc2Cl)c2ccccc2n1. The number of aromatic nitrogens is 2. The molecule has 0 bridgehead atoms. The van der Waals surface area contributed by atoms with Gasteiger partial charge in [-0.1, -0.05) is 35.9 Å². The molecule has 20 heavy (non-hydrogen) atoms. The van der Waals surface area contributed by atoms with Crippen LogP contribution in [-0.2, 0) is 0 Å². The molecule has 0 radical (unpaired) electrons. The standard InChI is InChI=1S/C15H12ClN3O/c1-17-15-18-12-8-4-2-6-10(12)14(19-15)20-13-9-5-3-7-11(13)16/h2-9H,1H3,(H,17,18,19). The van der Waals surface area contributed by atoms with Crippen LogP contribution in [0.5, 0.6) is 11.6 Å². The first kappa shape index (κ1) is 12.7. The summed E-state index contributed by atoms with van der Waals surface area (Å²) < 4.78 is 5.84. The molecule has 0 fully saturated rings. The summed E-state index contributed by atoms with van der Waals surface area (Å²) >= 11 is 6.11. The van der Waals surface area contributed by atoms with E-state index in [0.29, 0.717) is 22.6 Å². The molecule has 3 aromatic rings. The molecule has 2 aromatic carbocycles. The minimum absolute atomic E-state index is 0.480. The first-order valence-corrected chi connectivity index (χ1v) is 6.52. The highest BCUT2D eigenvalue weighted by atomic mass is 35.5. The molecule has 0 aliphatic rings. The summed E-state index contributed by atoms with van der Waals surface area (Å²) in [6, 6.07) is 15.0. The van der Waals surface area contributed by atoms with Crippen molar-refractivity contribution in [3.63, 3.8) is 0 Å². The maximum Gasteiger partial charge on any atom is 0.232 e. The first-order valence-electron chi connectivity index (χ1n) is 6.15. The lowest BCUT2D eigenvalue weighted by Gasteiger charge is -2.10. The molecule has 1 heterocycles. The van der Waals surface area contributed by atoms with Gasteiger partial charge in [-0.2, -0.15) is 4.98 Å². The van der Waals surface area contributed by atoms with Gasteiger partial charge in [0.1, 0.15) is 5.75 Å². The van der Waals surface area contributed by atoms with Crippen molar-refractivity contribution in [1.29, 1.82) is 0 Å². The summed E-state index contributed by atoms with van der Waals surface area (Å²) in [5, 5.41) is 4.31. The average Bonchev–Trinajstić information content (AvgIpc) is 2.49. The number of hydrogen-bond acceptors (Lipinski definition) is 4. The van der Waals surface area contributed by atoms with E-state index in [1.165, 1.54) is 0 Å². The molecule has 4 nitrogen and oxygen atoms in total. The summed E-state index contributed by atoms with van der Waals surface area (Å²) in [5.41, 5.74) is 0.814. The second kappa shape index (κ2) is 5.35. The number of fused-ring (bicyclic) bond motifs is 1. The lowest BCUT2D eigenvalue weighted by molar-refractivity contribution is 0.469. The Morgan fingerprint density at radius 1 is 1.00 bits per heavy atom. The van der Waals surface area contributed by atoms with E-state index >= 15 is 0 Å². The molecular weight excluding hydrogens is 274 g/mol. The second-order valence-electron chi connectivity index (χ2n) is 4.15. The largest absolute Gasteiger partial charge is 0.437 e. The summed E-state index contributed by atoms with van der Waals surface area (Å²) in [5.74, 6) is 1.55. The number of hydrogen-bond donors (Lipinski definition) is 1. The average molecular weight is 286 g/mol. The number of para-hydroxylation sites is 2. The van der Waals surface area contributed by atoms with Crippen LogP contribution in [0.25, 0.3) is 10.9 Å². The van der Waals surface area contributed by atoms with Gasteiger partial charge in [-0.15, -0.1) is 0 Å². The van der Waals surface area contributed by atoms with Gasteiger partial charge in [0, 0.05) is 7.05 Å². The highest BCUT2D eigenvalue weighted by Gasteiger charge is 2.10. The zero-order valence-electron chi connectivity index (χ0n) is 10.8. The Bertz CT molecular complexity index is 761. The van der Waals surface area contributed by atoms with Crippen LogP contribution in [0.1, 0.15) is 0 Å². The van der Waals surface area contributed by atoms with Gasteiger partial charge in [0.2, 0.25) is 11.8 Å². The van der Waals surface area contributed by atoms with E-state index in [2.05, 4.69) is 15.3 Å². The Morgan fingerprint density at radius 2 is 1.75 bits per heavy atom. The lowest BCUT2D eigenvalue weighted by atomic mass is 10.2. The van der Waals surface area contributed by atoms with Crippen LogP contribution in [0.4, 0.5) is 5.95 Å². The lowest BCUT2D eigenvalue weighted by Crippen LogP contribution is -1.99. The minimum Gasteiger partial charge on any atom is -0.437 e. The van der Waals surface area contributed by atoms with E-state index in [1.807, 2.05) is 36.4 Å². The molecular formula is C15H12ClN3O. The Hall–Kier alpha value is -2.33. The van der Waals surface area contributed by atoms with Crippen LogP contribution < -0.4 is 10.1 Å². The van der Waals surface area contributed by atoms with E-state index in [0.717, 1.165) is 10.9 Å². The van der Waals surface area contributed by atoms with Crippen LogP contribution in [0.2, 0.25) is 5.02 Å². The topological polar surface area (TPSA) is 47.0 Å². The van der Waals surface area contributed by atoms with Gasteiger partial charge in [0.15, 0.2) is 0 Å². The third-order valence-electron chi connectivity index (χ3n) is 2.84. The maximum atomic E-state index is 6.11. The maximum absolute atomic E-state index is 6.11. The predicted octanol–water partition coefficient (Wildman–Crippen LogP) is 4.12. The Balaban J connectivity index is 2.13. The van der Waals surface area contributed by atoms with Crippen molar-refractivity contribution >= 4 is 28.5 Å². The number of rotatable bonds is 3. The van der Waals surface area contributed by atoms with E-state index in [4.69, 9.17) is 16.3 Å². The van der Waals surface area contributed by atoms with Gasteiger partial charge in [0.05, 0.1) is 15.9 Å². The van der Waals surface area contributed by atoms with Gasteiger partial charge in [-0.25, -0.2) is 4.98 Å². The van der Waals surface area contributed by atoms with E-state index in [-0.39, 0.29) is 0 Å². The fourth-order valence-electron chi connectivity index (χ4n) is 1.87. The molecule has 3 rings (SSSR count). The molecule has 0 amide bonds. The summed E-state index contributed by atoms with van der Waals surface area (Å²) in [6.07, 6.45) is 0. The Labute approximate surface area is 121 Å². The van der Waals surface area contributed by atoms with Crippen LogP contribution in [0.3, 0.4) is 0 Å². The smallest absolute Gasteiger partial charge is 0.232 e. The molecule has 0 saturated heterocycles. The van der Waals surface area contributed by atoms with Crippen molar-refractivity contribution in [3.05, 3.63) is 53.6 Å². The van der Waals surface area contributed by atoms with Gasteiger partial charge >= 0.3 is 0 Å². The molecule has 0 aliphatic heterocycles. The Kier molecular flexibility index (Phi) is 3.39. The molecule has 0 aliphatic carbocycles. The molecule has 0 spiro atoms. The van der Waals surface area contributed by atoms with Gasteiger partial charge in [-0.3, -0.25) is 0 Å². The van der Waals surface area contributed by atoms with Crippen LogP contribution in [0, 0.1) is 0 Å². The zero-order valence-corrected chi connectivity index (χ0v) is 11.6. The quantitative estimate of drug-likeness (QED) is 0.786. The van der Waals surface area contributed by atoms with E-state index in [1.54, 1.807) is 19.2 Å². The molecule has 1 aromatic heterocycles. The van der Waals surface area contributed by atoms with Gasteiger partial charge in [-0.05, 0) is 24.3 Å². The summed E-state index contributed by atoms with van der Waals surface area (Å²) in [7, 11) is 1.77. The molecule has 0 unspecified atom stereocenters. The minimum atomic E-state index is 0.480. The molecule has 1 N–H and O–H groups in total. The van der Waals surface area contributed by atoms with Gasteiger partial charge in [0.25, 0.3) is 0 Å². The molecule has 100 valence electrons. The molecule has 0 saturated carbocycles. The van der Waals surface area contributed by atoms with Crippen molar-refractivity contribution in [2.24, 2.45) is 0 Å². The van der Waals surface area contributed by atoms with Crippen molar-refractivity contribution in [3.8, 4) is 11.6 Å². The number of halogens is 1. The number of anilines is 1. The fraction of sp³-hybridized carbons (Fsp3) is 0.0667. The summed E-state index contributed by atoms with van der Waals surface area (Å²) in [6.45, 7) is 0. The Morgan fingerprint density at radius 3 is 2.55 bits per heavy atom. The van der Waals surface area contributed by atoms with Gasteiger partial charge < -0.3 is 10.1 Å². The second-order valence-corrected chi connectivity index (χ2v) is 4.56. The van der Waals surface area contributed by atoms with Crippen LogP contribution in [0.15, 0.2) is 48.5 Å². The molecule has 5 heteroatoms. The third kappa shape index (κ3) is 2.38. The number of nitrogens with zero attached hydrogens (tertiary/aromatic N) is 2. The van der Waals surface area contributed by atoms with Crippen LogP contribution in [-0.4, -0.2) is 17.0 Å². The first-order chi connectivity index (χ1) is 9.78. The fourth-order valence-corrected chi connectivity index (χ4v) is 2.04. The number of ether oxygens (including phenoxy) is 1. The number of benzene rings is 2. The molecule has 0 atom stereocenters. The third-order valence-corrected chi connectivity index (χ3v) is 3.15. The monoisotopic (exact) mass is 285 g/mol. The highest BCUT2D eigenvalue weighted by molar-refractivity contribution is 6.32. The van der Waals surface area contributed by atoms with E-state index < -0.39 is 0 Å². The van der Waals surface area contributed by atoms with E-state index in [9.17, 15) is 0 Å². The highest BCUT2D eigenvalue weighted by Crippen LogP contribution is 2.32. The zero-order chi connectivity index (χ0) is 13.9. The van der Waals surface area contributed by atoms with Crippen molar-refractivity contribution < 1.29 is 4.74 Å². The van der Waals surface area contributed by atoms with Crippen molar-refractivity contribution in [2.75, 3.05) is 12.4 Å². The van der Waals surface area contributed by atoms with Crippen LogP contribution >= 0.6 is 11.6 Å². The summed E-state index contributed by atoms with van der Waals surface area (Å²) in [4.78, 5) is 8.74.